The zero-order valence-electron chi connectivity index (χ0n) is 13.4. The molecule has 0 aliphatic carbocycles. The minimum Gasteiger partial charge on any atom is -0.481 e. The Morgan fingerprint density at radius 2 is 1.73 bits per heavy atom. The fourth-order valence-corrected chi connectivity index (χ4v) is 2.23. The normalized spacial score (nSPS) is 13.2. The predicted molar refractivity (Wildman–Crippen MR) is 88.9 cm³/mol. The summed E-state index contributed by atoms with van der Waals surface area (Å²) < 4.78 is 5.81. The minimum atomic E-state index is -0.478. The summed E-state index contributed by atoms with van der Waals surface area (Å²) in [5.74, 6) is 0.638. The molecular formula is C19H23NO2. The van der Waals surface area contributed by atoms with Crippen LogP contribution in [0.1, 0.15) is 37.4 Å². The number of carbonyl (C=O) groups is 1. The Kier molecular flexibility index (Phi) is 5.59. The third-order valence-electron chi connectivity index (χ3n) is 3.62. The van der Waals surface area contributed by atoms with Gasteiger partial charge in [-0.15, -0.1) is 0 Å². The van der Waals surface area contributed by atoms with Crippen molar-refractivity contribution in [2.45, 2.75) is 39.3 Å². The molecule has 0 aliphatic heterocycles. The van der Waals surface area contributed by atoms with E-state index in [9.17, 15) is 4.79 Å². The molecule has 1 N–H and O–H groups in total. The molecule has 0 saturated heterocycles. The highest BCUT2D eigenvalue weighted by atomic mass is 16.5. The lowest BCUT2D eigenvalue weighted by molar-refractivity contribution is -0.128. The highest BCUT2D eigenvalue weighted by molar-refractivity contribution is 5.81. The number of carbonyl (C=O) groups excluding carboxylic acids is 1. The first kappa shape index (κ1) is 16.1. The fourth-order valence-electron chi connectivity index (χ4n) is 2.23. The minimum absolute atomic E-state index is 0.0376. The molecule has 0 bridgehead atoms. The van der Waals surface area contributed by atoms with Crippen LogP contribution in [0.25, 0.3) is 0 Å². The highest BCUT2D eigenvalue weighted by Gasteiger charge is 2.20. The van der Waals surface area contributed by atoms with Gasteiger partial charge in [0, 0.05) is 0 Å². The maximum Gasteiger partial charge on any atom is 0.261 e. The summed E-state index contributed by atoms with van der Waals surface area (Å²) in [4.78, 5) is 12.4. The zero-order chi connectivity index (χ0) is 15.9. The van der Waals surface area contributed by atoms with E-state index >= 15 is 0 Å². The molecule has 1 amide bonds. The van der Waals surface area contributed by atoms with Crippen LogP contribution in [0.2, 0.25) is 0 Å². The lowest BCUT2D eigenvalue weighted by atomic mass is 10.1. The first-order valence-electron chi connectivity index (χ1n) is 7.68. The smallest absolute Gasteiger partial charge is 0.261 e. The van der Waals surface area contributed by atoms with Gasteiger partial charge < -0.3 is 10.1 Å². The molecule has 3 heteroatoms. The number of amides is 1. The second-order valence-corrected chi connectivity index (χ2v) is 5.47. The fraction of sp³-hybridized carbons (Fsp3) is 0.316. The van der Waals surface area contributed by atoms with Crippen LogP contribution in [0.4, 0.5) is 0 Å². The monoisotopic (exact) mass is 297 g/mol. The van der Waals surface area contributed by atoms with Gasteiger partial charge in [-0.2, -0.15) is 0 Å². The van der Waals surface area contributed by atoms with Crippen LogP contribution >= 0.6 is 0 Å². The molecule has 2 aromatic carbocycles. The maximum absolute atomic E-state index is 12.4. The Morgan fingerprint density at radius 3 is 2.32 bits per heavy atom. The van der Waals surface area contributed by atoms with Crippen molar-refractivity contribution in [1.29, 1.82) is 0 Å². The van der Waals surface area contributed by atoms with Gasteiger partial charge in [0.2, 0.25) is 0 Å². The summed E-state index contributed by atoms with van der Waals surface area (Å²) in [5, 5.41) is 3.01. The van der Waals surface area contributed by atoms with Crippen LogP contribution in [-0.2, 0) is 4.79 Å². The summed E-state index contributed by atoms with van der Waals surface area (Å²) in [5.41, 5.74) is 2.25. The van der Waals surface area contributed by atoms with Gasteiger partial charge in [-0.25, -0.2) is 0 Å². The van der Waals surface area contributed by atoms with E-state index < -0.39 is 6.10 Å². The maximum atomic E-state index is 12.4. The molecule has 0 aromatic heterocycles. The first-order chi connectivity index (χ1) is 10.6. The van der Waals surface area contributed by atoms with Crippen molar-refractivity contribution in [3.63, 3.8) is 0 Å². The second kappa shape index (κ2) is 7.64. The summed E-state index contributed by atoms with van der Waals surface area (Å²) in [7, 11) is 0. The van der Waals surface area contributed by atoms with Gasteiger partial charge in [-0.05, 0) is 38.0 Å². The van der Waals surface area contributed by atoms with Gasteiger partial charge in [0.25, 0.3) is 5.91 Å². The molecule has 0 saturated carbocycles. The molecule has 116 valence electrons. The van der Waals surface area contributed by atoms with E-state index in [2.05, 4.69) is 5.32 Å². The molecule has 0 spiro atoms. The topological polar surface area (TPSA) is 38.3 Å². The van der Waals surface area contributed by atoms with E-state index in [0.29, 0.717) is 6.42 Å². The van der Waals surface area contributed by atoms with Crippen molar-refractivity contribution in [2.75, 3.05) is 0 Å². The Balaban J connectivity index is 1.98. The van der Waals surface area contributed by atoms with Gasteiger partial charge in [0.1, 0.15) is 5.75 Å². The van der Waals surface area contributed by atoms with E-state index in [1.165, 1.54) is 5.56 Å². The van der Waals surface area contributed by atoms with E-state index in [1.54, 1.807) is 0 Å². The summed E-state index contributed by atoms with van der Waals surface area (Å²) in [6.07, 6.45) is 0.148. The first-order valence-corrected chi connectivity index (χ1v) is 7.68. The molecular weight excluding hydrogens is 274 g/mol. The molecule has 3 nitrogen and oxygen atoms in total. The van der Waals surface area contributed by atoms with Gasteiger partial charge in [-0.3, -0.25) is 4.79 Å². The highest BCUT2D eigenvalue weighted by Crippen LogP contribution is 2.16. The summed E-state index contributed by atoms with van der Waals surface area (Å²) in [6.45, 7) is 5.95. The average molecular weight is 297 g/mol. The Hall–Kier alpha value is -2.29. The van der Waals surface area contributed by atoms with Crippen LogP contribution in [0.3, 0.4) is 0 Å². The van der Waals surface area contributed by atoms with E-state index in [1.807, 2.05) is 75.4 Å². The molecule has 0 aliphatic rings. The van der Waals surface area contributed by atoms with Crippen LogP contribution in [0.5, 0.6) is 5.75 Å². The Labute approximate surface area is 132 Å². The molecule has 0 radical (unpaired) electrons. The second-order valence-electron chi connectivity index (χ2n) is 5.47. The van der Waals surface area contributed by atoms with Crippen molar-refractivity contribution >= 4 is 5.91 Å². The SMILES string of the molecule is CC[C@@H](Oc1ccc(C)cc1)C(=O)N[C@@H](C)c1ccccc1. The molecule has 0 unspecified atom stereocenters. The number of hydrogen-bond acceptors (Lipinski definition) is 2. The zero-order valence-corrected chi connectivity index (χ0v) is 13.4. The van der Waals surface area contributed by atoms with Crippen molar-refractivity contribution in [3.05, 3.63) is 65.7 Å². The largest absolute Gasteiger partial charge is 0.481 e. The van der Waals surface area contributed by atoms with Crippen molar-refractivity contribution in [2.24, 2.45) is 0 Å². The van der Waals surface area contributed by atoms with E-state index in [-0.39, 0.29) is 11.9 Å². The summed E-state index contributed by atoms with van der Waals surface area (Å²) >= 11 is 0. The molecule has 2 aromatic rings. The van der Waals surface area contributed by atoms with Gasteiger partial charge >= 0.3 is 0 Å². The lowest BCUT2D eigenvalue weighted by Gasteiger charge is -2.21. The quantitative estimate of drug-likeness (QED) is 0.874. The van der Waals surface area contributed by atoms with Gasteiger partial charge in [-0.1, -0.05) is 55.0 Å². The van der Waals surface area contributed by atoms with Crippen LogP contribution < -0.4 is 10.1 Å². The van der Waals surface area contributed by atoms with E-state index in [4.69, 9.17) is 4.74 Å². The van der Waals surface area contributed by atoms with Crippen LogP contribution in [0.15, 0.2) is 54.6 Å². The molecule has 0 fully saturated rings. The molecule has 2 atom stereocenters. The van der Waals surface area contributed by atoms with Crippen LogP contribution in [-0.4, -0.2) is 12.0 Å². The number of aryl methyl sites for hydroxylation is 1. The number of nitrogens with one attached hydrogen (secondary N) is 1. The van der Waals surface area contributed by atoms with Crippen LogP contribution in [0, 0.1) is 6.92 Å². The third kappa shape index (κ3) is 4.35. The number of rotatable bonds is 6. The number of ether oxygens (including phenoxy) is 1. The standard InChI is InChI=1S/C19H23NO2/c1-4-18(22-17-12-10-14(2)11-13-17)19(21)20-15(3)16-8-6-5-7-9-16/h5-13,15,18H,4H2,1-3H3,(H,20,21)/t15-,18+/m0/s1. The van der Waals surface area contributed by atoms with Gasteiger partial charge in [0.05, 0.1) is 6.04 Å². The molecule has 0 heterocycles. The molecule has 22 heavy (non-hydrogen) atoms. The third-order valence-corrected chi connectivity index (χ3v) is 3.62. The Morgan fingerprint density at radius 1 is 1.09 bits per heavy atom. The van der Waals surface area contributed by atoms with Crippen molar-refractivity contribution in [3.8, 4) is 5.75 Å². The number of hydrogen-bond donors (Lipinski definition) is 1. The summed E-state index contributed by atoms with van der Waals surface area (Å²) in [6, 6.07) is 17.6. The lowest BCUT2D eigenvalue weighted by Crippen LogP contribution is -2.39. The van der Waals surface area contributed by atoms with E-state index in [0.717, 1.165) is 11.3 Å². The predicted octanol–water partition coefficient (Wildman–Crippen LogP) is 4.03. The number of benzene rings is 2. The van der Waals surface area contributed by atoms with Crippen molar-refractivity contribution in [1.82, 2.24) is 5.32 Å². The average Bonchev–Trinajstić information content (AvgIpc) is 2.55. The van der Waals surface area contributed by atoms with Crippen molar-refractivity contribution < 1.29 is 9.53 Å². The molecule has 2 rings (SSSR count). The van der Waals surface area contributed by atoms with Gasteiger partial charge in [0.15, 0.2) is 6.10 Å². The Bertz CT molecular complexity index is 593.